The summed E-state index contributed by atoms with van der Waals surface area (Å²) >= 11 is 0. The number of hydrogen-bond acceptors (Lipinski definition) is 4. The predicted molar refractivity (Wildman–Crippen MR) is 113 cm³/mol. The van der Waals surface area contributed by atoms with Crippen molar-refractivity contribution in [2.24, 2.45) is 5.92 Å². The summed E-state index contributed by atoms with van der Waals surface area (Å²) in [6.45, 7) is 2.66. The molecule has 1 amide bonds. The number of aromatic nitrogens is 2. The van der Waals surface area contributed by atoms with Gasteiger partial charge in [-0.1, -0.05) is 48.5 Å². The molecule has 154 valence electrons. The van der Waals surface area contributed by atoms with Crippen LogP contribution < -0.4 is 0 Å². The van der Waals surface area contributed by atoms with Gasteiger partial charge in [0.1, 0.15) is 5.69 Å². The molecule has 5 rings (SSSR count). The number of para-hydroxylation sites is 1. The summed E-state index contributed by atoms with van der Waals surface area (Å²) in [5, 5.41) is 4.78. The third-order valence-electron chi connectivity index (χ3n) is 5.79. The van der Waals surface area contributed by atoms with Gasteiger partial charge in [-0.2, -0.15) is 5.10 Å². The highest BCUT2D eigenvalue weighted by molar-refractivity contribution is 6.00. The van der Waals surface area contributed by atoms with E-state index in [2.05, 4.69) is 0 Å². The third-order valence-corrected chi connectivity index (χ3v) is 5.79. The Balaban J connectivity index is 1.47. The SMILES string of the molecule is O=C(c1cn(-c2ccccc2)nc1-c1ccccc1)N1CCCC(C2OCCO2)C1. The fourth-order valence-corrected chi connectivity index (χ4v) is 4.29. The van der Waals surface area contributed by atoms with Gasteiger partial charge in [0.05, 0.1) is 24.5 Å². The monoisotopic (exact) mass is 403 g/mol. The number of carbonyl (C=O) groups excluding carboxylic acids is 1. The summed E-state index contributed by atoms with van der Waals surface area (Å²) in [5.74, 6) is 0.230. The van der Waals surface area contributed by atoms with Crippen LogP contribution in [0.5, 0.6) is 0 Å². The molecule has 2 aromatic carbocycles. The van der Waals surface area contributed by atoms with Crippen molar-refractivity contribution in [2.45, 2.75) is 19.1 Å². The van der Waals surface area contributed by atoms with Crippen LogP contribution in [0.15, 0.2) is 66.9 Å². The summed E-state index contributed by atoms with van der Waals surface area (Å²) in [4.78, 5) is 15.5. The lowest BCUT2D eigenvalue weighted by Gasteiger charge is -2.34. The van der Waals surface area contributed by atoms with Gasteiger partial charge in [0.15, 0.2) is 6.29 Å². The molecule has 1 atom stereocenters. The van der Waals surface area contributed by atoms with Crippen molar-refractivity contribution in [3.63, 3.8) is 0 Å². The quantitative estimate of drug-likeness (QED) is 0.666. The van der Waals surface area contributed by atoms with E-state index in [4.69, 9.17) is 14.6 Å². The maximum Gasteiger partial charge on any atom is 0.257 e. The number of rotatable bonds is 4. The van der Waals surface area contributed by atoms with Crippen molar-refractivity contribution in [1.82, 2.24) is 14.7 Å². The molecule has 0 aliphatic carbocycles. The molecular formula is C24H25N3O3. The van der Waals surface area contributed by atoms with E-state index in [1.807, 2.05) is 71.8 Å². The van der Waals surface area contributed by atoms with Crippen molar-refractivity contribution in [2.75, 3.05) is 26.3 Å². The fraction of sp³-hybridized carbons (Fsp3) is 0.333. The largest absolute Gasteiger partial charge is 0.350 e. The summed E-state index contributed by atoms with van der Waals surface area (Å²) in [6.07, 6.45) is 3.63. The molecule has 2 aliphatic heterocycles. The van der Waals surface area contributed by atoms with Gasteiger partial charge in [-0.3, -0.25) is 4.79 Å². The first kappa shape index (κ1) is 19.0. The molecule has 6 nitrogen and oxygen atoms in total. The number of amides is 1. The normalized spacial score (nSPS) is 19.9. The lowest BCUT2D eigenvalue weighted by atomic mass is 9.96. The maximum absolute atomic E-state index is 13.6. The van der Waals surface area contributed by atoms with Gasteiger partial charge in [0.2, 0.25) is 0 Å². The average Bonchev–Trinajstić information content (AvgIpc) is 3.51. The Morgan fingerprint density at radius 3 is 2.40 bits per heavy atom. The van der Waals surface area contributed by atoms with Crippen molar-refractivity contribution in [1.29, 1.82) is 0 Å². The minimum absolute atomic E-state index is 0.0127. The van der Waals surface area contributed by atoms with E-state index in [9.17, 15) is 4.79 Å². The van der Waals surface area contributed by atoms with E-state index in [0.29, 0.717) is 31.0 Å². The minimum Gasteiger partial charge on any atom is -0.350 e. The molecule has 2 fully saturated rings. The molecule has 0 radical (unpaired) electrons. The number of carbonyl (C=O) groups is 1. The number of ether oxygens (including phenoxy) is 2. The predicted octanol–water partition coefficient (Wildman–Crippen LogP) is 3.76. The maximum atomic E-state index is 13.6. The van der Waals surface area contributed by atoms with Gasteiger partial charge in [-0.05, 0) is 25.0 Å². The van der Waals surface area contributed by atoms with Crippen LogP contribution in [0.25, 0.3) is 16.9 Å². The van der Waals surface area contributed by atoms with Crippen LogP contribution in [0.3, 0.4) is 0 Å². The molecule has 1 aromatic heterocycles. The van der Waals surface area contributed by atoms with E-state index >= 15 is 0 Å². The first-order valence-electron chi connectivity index (χ1n) is 10.5. The van der Waals surface area contributed by atoms with Crippen molar-refractivity contribution >= 4 is 5.91 Å². The van der Waals surface area contributed by atoms with Crippen LogP contribution in [0.1, 0.15) is 23.2 Å². The first-order chi connectivity index (χ1) is 14.8. The summed E-state index contributed by atoms with van der Waals surface area (Å²) in [7, 11) is 0. The van der Waals surface area contributed by atoms with Gasteiger partial charge in [0, 0.05) is 30.8 Å². The molecule has 0 spiro atoms. The number of benzene rings is 2. The van der Waals surface area contributed by atoms with Gasteiger partial charge in [-0.15, -0.1) is 0 Å². The zero-order valence-corrected chi connectivity index (χ0v) is 16.8. The van der Waals surface area contributed by atoms with E-state index in [-0.39, 0.29) is 18.1 Å². The molecule has 0 saturated carbocycles. The van der Waals surface area contributed by atoms with Crippen LogP contribution >= 0.6 is 0 Å². The highest BCUT2D eigenvalue weighted by atomic mass is 16.7. The van der Waals surface area contributed by atoms with Gasteiger partial charge < -0.3 is 14.4 Å². The van der Waals surface area contributed by atoms with E-state index in [0.717, 1.165) is 30.6 Å². The molecule has 1 unspecified atom stereocenters. The smallest absolute Gasteiger partial charge is 0.257 e. The molecule has 0 bridgehead atoms. The van der Waals surface area contributed by atoms with Crippen LogP contribution in [-0.4, -0.2) is 53.2 Å². The summed E-state index contributed by atoms with van der Waals surface area (Å²) < 4.78 is 13.2. The Hall–Kier alpha value is -2.96. The summed E-state index contributed by atoms with van der Waals surface area (Å²) in [6, 6.07) is 19.8. The van der Waals surface area contributed by atoms with E-state index in [1.165, 1.54) is 0 Å². The lowest BCUT2D eigenvalue weighted by Crippen LogP contribution is -2.43. The van der Waals surface area contributed by atoms with Crippen molar-refractivity contribution < 1.29 is 14.3 Å². The number of likely N-dealkylation sites (tertiary alicyclic amines) is 1. The fourth-order valence-electron chi connectivity index (χ4n) is 4.29. The Bertz CT molecular complexity index is 997. The van der Waals surface area contributed by atoms with Crippen LogP contribution in [-0.2, 0) is 9.47 Å². The molecule has 3 heterocycles. The molecular weight excluding hydrogens is 378 g/mol. The Labute approximate surface area is 176 Å². The van der Waals surface area contributed by atoms with Crippen molar-refractivity contribution in [3.05, 3.63) is 72.4 Å². The highest BCUT2D eigenvalue weighted by Gasteiger charge is 2.34. The average molecular weight is 403 g/mol. The molecule has 0 N–H and O–H groups in total. The van der Waals surface area contributed by atoms with Gasteiger partial charge >= 0.3 is 0 Å². The summed E-state index contributed by atoms with van der Waals surface area (Å²) in [5.41, 5.74) is 3.20. The minimum atomic E-state index is -0.193. The number of piperidine rings is 1. The van der Waals surface area contributed by atoms with Crippen LogP contribution in [0.2, 0.25) is 0 Å². The molecule has 3 aromatic rings. The second kappa shape index (κ2) is 8.42. The second-order valence-electron chi connectivity index (χ2n) is 7.80. The van der Waals surface area contributed by atoms with Crippen molar-refractivity contribution in [3.8, 4) is 16.9 Å². The zero-order chi connectivity index (χ0) is 20.3. The van der Waals surface area contributed by atoms with Crippen LogP contribution in [0, 0.1) is 5.92 Å². The van der Waals surface area contributed by atoms with Gasteiger partial charge in [0.25, 0.3) is 5.91 Å². The molecule has 2 aliphatic rings. The Morgan fingerprint density at radius 2 is 1.67 bits per heavy atom. The standard InChI is InChI=1S/C24H25N3O3/c28-23(26-13-7-10-19(16-26)24-29-14-15-30-24)21-17-27(20-11-5-2-6-12-20)25-22(21)18-8-3-1-4-9-18/h1-6,8-9,11-12,17,19,24H,7,10,13-16H2. The van der Waals surface area contributed by atoms with Gasteiger partial charge in [-0.25, -0.2) is 4.68 Å². The lowest BCUT2D eigenvalue weighted by molar-refractivity contribution is -0.0969. The molecule has 30 heavy (non-hydrogen) atoms. The Morgan fingerprint density at radius 1 is 0.967 bits per heavy atom. The van der Waals surface area contributed by atoms with Crippen LogP contribution in [0.4, 0.5) is 0 Å². The molecule has 6 heteroatoms. The highest BCUT2D eigenvalue weighted by Crippen LogP contribution is 2.29. The number of hydrogen-bond donors (Lipinski definition) is 0. The molecule has 2 saturated heterocycles. The topological polar surface area (TPSA) is 56.6 Å². The second-order valence-corrected chi connectivity index (χ2v) is 7.80. The zero-order valence-electron chi connectivity index (χ0n) is 16.8. The first-order valence-corrected chi connectivity index (χ1v) is 10.5. The Kier molecular flexibility index (Phi) is 5.34. The third kappa shape index (κ3) is 3.76. The van der Waals surface area contributed by atoms with E-state index < -0.39 is 0 Å². The van der Waals surface area contributed by atoms with E-state index in [1.54, 1.807) is 4.68 Å². The number of nitrogens with zero attached hydrogens (tertiary/aromatic N) is 3.